The normalized spacial score (nSPS) is 11.1. The number of hydrogen-bond donors (Lipinski definition) is 2. The molecule has 0 radical (unpaired) electrons. The summed E-state index contributed by atoms with van der Waals surface area (Å²) in [5.74, 6) is 0.917. The quantitative estimate of drug-likeness (QED) is 0.661. The van der Waals surface area contributed by atoms with Crippen LogP contribution in [0.2, 0.25) is 0 Å². The Hall–Kier alpha value is -1.73. The van der Waals surface area contributed by atoms with Crippen molar-refractivity contribution < 1.29 is 4.74 Å². The van der Waals surface area contributed by atoms with Crippen molar-refractivity contribution in [2.45, 2.75) is 13.5 Å². The number of nitrogens with one attached hydrogen (secondary N) is 1. The van der Waals surface area contributed by atoms with Gasteiger partial charge < -0.3 is 10.5 Å². The number of ether oxygens (including phenoxy) is 1. The molecule has 0 aliphatic rings. The van der Waals surface area contributed by atoms with Crippen molar-refractivity contribution in [3.63, 3.8) is 0 Å². The topological polar surface area (TPSA) is 98.3 Å². The molecule has 2 aromatic rings. The van der Waals surface area contributed by atoms with Gasteiger partial charge in [0, 0.05) is 18.3 Å². The third-order valence-corrected chi connectivity index (χ3v) is 2.01. The van der Waals surface area contributed by atoms with Gasteiger partial charge in [0.2, 0.25) is 0 Å². The maximum atomic E-state index is 11.5. The van der Waals surface area contributed by atoms with Crippen LogP contribution in [0.25, 0.3) is 5.78 Å². The van der Waals surface area contributed by atoms with E-state index in [-0.39, 0.29) is 5.56 Å². The maximum absolute atomic E-state index is 11.5. The fourth-order valence-corrected chi connectivity index (χ4v) is 1.35. The number of rotatable bonds is 4. The molecule has 2 aromatic heterocycles. The molecule has 16 heavy (non-hydrogen) atoms. The molecule has 0 saturated heterocycles. The summed E-state index contributed by atoms with van der Waals surface area (Å²) in [6, 6.07) is 1.44. The lowest BCUT2D eigenvalue weighted by molar-refractivity contribution is 0.122. The molecule has 7 heteroatoms. The Labute approximate surface area is 91.3 Å². The van der Waals surface area contributed by atoms with E-state index in [4.69, 9.17) is 10.5 Å². The van der Waals surface area contributed by atoms with Crippen LogP contribution in [0.3, 0.4) is 0 Å². The first-order chi connectivity index (χ1) is 7.70. The van der Waals surface area contributed by atoms with Crippen LogP contribution in [-0.2, 0) is 11.3 Å². The molecule has 0 aliphatic carbocycles. The first-order valence-corrected chi connectivity index (χ1v) is 4.94. The average molecular weight is 223 g/mol. The number of H-pyrrole nitrogens is 1. The smallest absolute Gasteiger partial charge is 0.274 e. The zero-order valence-corrected chi connectivity index (χ0v) is 8.93. The highest BCUT2D eigenvalue weighted by Gasteiger charge is 2.05. The minimum Gasteiger partial charge on any atom is -0.372 e. The zero-order chi connectivity index (χ0) is 11.5. The summed E-state index contributed by atoms with van der Waals surface area (Å²) < 4.78 is 6.49. The Morgan fingerprint density at radius 1 is 1.56 bits per heavy atom. The van der Waals surface area contributed by atoms with Crippen molar-refractivity contribution in [3.05, 3.63) is 27.9 Å². The average Bonchev–Trinajstić information content (AvgIpc) is 2.61. The van der Waals surface area contributed by atoms with Crippen molar-refractivity contribution in [3.8, 4) is 0 Å². The summed E-state index contributed by atoms with van der Waals surface area (Å²) in [6.07, 6.45) is 0. The van der Waals surface area contributed by atoms with Gasteiger partial charge in [-0.25, -0.2) is 4.98 Å². The molecule has 0 aromatic carbocycles. The Bertz CT molecular complexity index is 544. The van der Waals surface area contributed by atoms with Crippen molar-refractivity contribution in [2.75, 3.05) is 13.2 Å². The van der Waals surface area contributed by atoms with Crippen molar-refractivity contribution >= 4 is 5.78 Å². The van der Waals surface area contributed by atoms with Gasteiger partial charge in [-0.3, -0.25) is 9.89 Å². The predicted molar refractivity (Wildman–Crippen MR) is 57.1 cm³/mol. The number of fused-ring (bicyclic) bond motifs is 1. The molecule has 0 aliphatic heterocycles. The van der Waals surface area contributed by atoms with Crippen LogP contribution in [0.15, 0.2) is 10.9 Å². The van der Waals surface area contributed by atoms with E-state index in [0.29, 0.717) is 37.1 Å². The van der Waals surface area contributed by atoms with Gasteiger partial charge in [-0.05, 0) is 6.92 Å². The molecule has 2 heterocycles. The highest BCUT2D eigenvalue weighted by Crippen LogP contribution is 1.98. The summed E-state index contributed by atoms with van der Waals surface area (Å²) in [5, 5.41) is 2.81. The Balaban J connectivity index is 2.29. The lowest BCUT2D eigenvalue weighted by atomic mass is 10.5. The van der Waals surface area contributed by atoms with Crippen molar-refractivity contribution in [2.24, 2.45) is 5.73 Å². The van der Waals surface area contributed by atoms with E-state index in [0.717, 1.165) is 0 Å². The summed E-state index contributed by atoms with van der Waals surface area (Å²) >= 11 is 0. The number of nitrogens with zero attached hydrogens (tertiary/aromatic N) is 3. The van der Waals surface area contributed by atoms with E-state index in [2.05, 4.69) is 15.1 Å². The Morgan fingerprint density at radius 3 is 3.12 bits per heavy atom. The van der Waals surface area contributed by atoms with Gasteiger partial charge in [-0.1, -0.05) is 0 Å². The predicted octanol–water partition coefficient (Wildman–Crippen LogP) is -0.799. The number of aryl methyl sites for hydroxylation is 1. The van der Waals surface area contributed by atoms with E-state index < -0.39 is 0 Å². The van der Waals surface area contributed by atoms with Crippen molar-refractivity contribution in [1.82, 2.24) is 19.6 Å². The van der Waals surface area contributed by atoms with Crippen molar-refractivity contribution in [1.29, 1.82) is 0 Å². The number of aromatic nitrogens is 4. The van der Waals surface area contributed by atoms with Crippen LogP contribution in [0, 0.1) is 6.92 Å². The molecule has 3 N–H and O–H groups in total. The SMILES string of the molecule is Cc1cc(=O)n2[nH]c(COCCN)nc2n1. The van der Waals surface area contributed by atoms with E-state index in [1.165, 1.54) is 10.6 Å². The van der Waals surface area contributed by atoms with Crippen LogP contribution in [-0.4, -0.2) is 32.7 Å². The zero-order valence-electron chi connectivity index (χ0n) is 8.93. The lowest BCUT2D eigenvalue weighted by Crippen LogP contribution is -2.14. The molecule has 0 atom stereocenters. The molecular formula is C9H13N5O2. The summed E-state index contributed by atoms with van der Waals surface area (Å²) in [5.41, 5.74) is 5.75. The van der Waals surface area contributed by atoms with Gasteiger partial charge >= 0.3 is 0 Å². The largest absolute Gasteiger partial charge is 0.372 e. The Morgan fingerprint density at radius 2 is 2.38 bits per heavy atom. The minimum atomic E-state index is -0.180. The number of aromatic amines is 1. The first kappa shape index (κ1) is 10.8. The first-order valence-electron chi connectivity index (χ1n) is 4.94. The molecular weight excluding hydrogens is 210 g/mol. The molecule has 0 bridgehead atoms. The van der Waals surface area contributed by atoms with Crippen LogP contribution >= 0.6 is 0 Å². The van der Waals surface area contributed by atoms with Crippen LogP contribution in [0.1, 0.15) is 11.5 Å². The molecule has 0 spiro atoms. The third kappa shape index (κ3) is 2.10. The maximum Gasteiger partial charge on any atom is 0.274 e. The van der Waals surface area contributed by atoms with Gasteiger partial charge in [-0.15, -0.1) is 0 Å². The highest BCUT2D eigenvalue weighted by molar-refractivity contribution is 5.27. The summed E-state index contributed by atoms with van der Waals surface area (Å²) in [4.78, 5) is 19.8. The van der Waals surface area contributed by atoms with Gasteiger partial charge in [0.25, 0.3) is 11.3 Å². The minimum absolute atomic E-state index is 0.180. The van der Waals surface area contributed by atoms with Crippen LogP contribution < -0.4 is 11.3 Å². The van der Waals surface area contributed by atoms with E-state index in [9.17, 15) is 4.79 Å². The fraction of sp³-hybridized carbons (Fsp3) is 0.444. The molecule has 0 saturated carbocycles. The van der Waals surface area contributed by atoms with E-state index in [1.807, 2.05) is 0 Å². The van der Waals surface area contributed by atoms with E-state index >= 15 is 0 Å². The molecule has 0 amide bonds. The number of nitrogens with two attached hydrogens (primary N) is 1. The fourth-order valence-electron chi connectivity index (χ4n) is 1.35. The summed E-state index contributed by atoms with van der Waals surface area (Å²) in [7, 11) is 0. The lowest BCUT2D eigenvalue weighted by Gasteiger charge is -1.96. The second-order valence-electron chi connectivity index (χ2n) is 3.38. The van der Waals surface area contributed by atoms with Gasteiger partial charge in [0.05, 0.1) is 6.61 Å². The highest BCUT2D eigenvalue weighted by atomic mass is 16.5. The molecule has 7 nitrogen and oxygen atoms in total. The number of hydrogen-bond acceptors (Lipinski definition) is 5. The molecule has 0 fully saturated rings. The monoisotopic (exact) mass is 223 g/mol. The second kappa shape index (κ2) is 4.42. The van der Waals surface area contributed by atoms with Crippen LogP contribution in [0.5, 0.6) is 0 Å². The van der Waals surface area contributed by atoms with Gasteiger partial charge in [-0.2, -0.15) is 9.50 Å². The second-order valence-corrected chi connectivity index (χ2v) is 3.38. The molecule has 0 unspecified atom stereocenters. The van der Waals surface area contributed by atoms with Gasteiger partial charge in [0.15, 0.2) is 5.82 Å². The van der Waals surface area contributed by atoms with E-state index in [1.54, 1.807) is 6.92 Å². The summed E-state index contributed by atoms with van der Waals surface area (Å²) in [6.45, 7) is 2.95. The molecule has 2 rings (SSSR count). The standard InChI is InChI=1S/C9H13N5O2/c1-6-4-8(15)14-9(11-6)12-7(13-14)5-16-3-2-10/h4H,2-3,5,10H2,1H3,(H,11,12,13). The van der Waals surface area contributed by atoms with Crippen LogP contribution in [0.4, 0.5) is 0 Å². The van der Waals surface area contributed by atoms with Gasteiger partial charge in [0.1, 0.15) is 6.61 Å². The third-order valence-electron chi connectivity index (χ3n) is 2.01. The molecule has 86 valence electrons. The Kier molecular flexibility index (Phi) is 2.97.